The van der Waals surface area contributed by atoms with E-state index in [2.05, 4.69) is 25.3 Å². The van der Waals surface area contributed by atoms with E-state index in [1.54, 1.807) is 0 Å². The number of hydrogen-bond acceptors (Lipinski definition) is 4. The predicted octanol–water partition coefficient (Wildman–Crippen LogP) is 2.50. The van der Waals surface area contributed by atoms with Crippen LogP contribution in [0.5, 0.6) is 0 Å². The molecular formula is C6H18BrN6P. The van der Waals surface area contributed by atoms with E-state index in [9.17, 15) is 0 Å². The van der Waals surface area contributed by atoms with Gasteiger partial charge in [0.05, 0.1) is 0 Å². The second-order valence-corrected chi connectivity index (χ2v) is 11.6. The van der Waals surface area contributed by atoms with Crippen molar-refractivity contribution in [3.05, 3.63) is 10.4 Å². The Morgan fingerprint density at radius 3 is 1.36 bits per heavy atom. The summed E-state index contributed by atoms with van der Waals surface area (Å²) in [6.07, 6.45) is 0. The van der Waals surface area contributed by atoms with Gasteiger partial charge >= 0.3 is 93.0 Å². The Kier molecular flexibility index (Phi) is 4.34. The van der Waals surface area contributed by atoms with Crippen LogP contribution in [-0.4, -0.2) is 56.3 Å². The summed E-state index contributed by atoms with van der Waals surface area (Å²) in [5, 5.41) is 0. The molecule has 0 amide bonds. The minimum atomic E-state index is -2.99. The summed E-state index contributed by atoms with van der Waals surface area (Å²) in [5.74, 6) is -2.99. The van der Waals surface area contributed by atoms with Gasteiger partial charge < -0.3 is 0 Å². The van der Waals surface area contributed by atoms with Gasteiger partial charge in [-0.1, -0.05) is 0 Å². The van der Waals surface area contributed by atoms with Crippen molar-refractivity contribution in [3.63, 3.8) is 0 Å². The maximum absolute atomic E-state index is 8.69. The maximum atomic E-state index is 8.69. The Labute approximate surface area is 93.4 Å². The molecule has 0 atom stereocenters. The van der Waals surface area contributed by atoms with Gasteiger partial charge in [-0.2, -0.15) is 0 Å². The summed E-state index contributed by atoms with van der Waals surface area (Å²) in [6, 6.07) is 0. The first-order chi connectivity index (χ1) is 6.21. The van der Waals surface area contributed by atoms with Crippen LogP contribution in [0.25, 0.3) is 10.4 Å². The molecule has 14 heavy (non-hydrogen) atoms. The van der Waals surface area contributed by atoms with Crippen molar-refractivity contribution in [2.75, 3.05) is 42.3 Å². The SMILES string of the molecule is CN(C)P(Br)(N=[N+]=[N-])(N(C)C)N(C)C. The van der Waals surface area contributed by atoms with Gasteiger partial charge in [0, 0.05) is 0 Å². The normalized spacial score (nSPS) is 15.4. The van der Waals surface area contributed by atoms with E-state index in [1.165, 1.54) is 0 Å². The molecule has 0 fully saturated rings. The zero-order valence-corrected chi connectivity index (χ0v) is 12.0. The van der Waals surface area contributed by atoms with Crippen LogP contribution in [0.4, 0.5) is 0 Å². The van der Waals surface area contributed by atoms with Crippen LogP contribution >= 0.6 is 21.4 Å². The van der Waals surface area contributed by atoms with Crippen LogP contribution in [0.1, 0.15) is 0 Å². The molecule has 0 aromatic heterocycles. The van der Waals surface area contributed by atoms with Gasteiger partial charge in [-0.15, -0.1) is 0 Å². The first-order valence-corrected chi connectivity index (χ1v) is 8.12. The van der Waals surface area contributed by atoms with Crippen molar-refractivity contribution in [1.29, 1.82) is 0 Å². The Morgan fingerprint density at radius 2 is 1.29 bits per heavy atom. The number of rotatable bonds is 4. The van der Waals surface area contributed by atoms with Gasteiger partial charge in [0.15, 0.2) is 0 Å². The number of halogens is 1. The molecule has 0 unspecified atom stereocenters. The topological polar surface area (TPSA) is 58.5 Å². The summed E-state index contributed by atoms with van der Waals surface area (Å²) in [5.41, 5.74) is 8.69. The first-order valence-electron chi connectivity index (χ1n) is 4.05. The fraction of sp³-hybridized carbons (Fsp3) is 1.00. The van der Waals surface area contributed by atoms with Gasteiger partial charge in [-0.25, -0.2) is 0 Å². The first kappa shape index (κ1) is 14.1. The van der Waals surface area contributed by atoms with E-state index in [-0.39, 0.29) is 0 Å². The third kappa shape index (κ3) is 1.76. The molecule has 0 aliphatic carbocycles. The molecule has 0 rings (SSSR count). The second-order valence-electron chi connectivity index (χ2n) is 3.56. The molecule has 8 heteroatoms. The van der Waals surface area contributed by atoms with E-state index in [0.29, 0.717) is 0 Å². The molecule has 0 heterocycles. The van der Waals surface area contributed by atoms with Crippen molar-refractivity contribution < 1.29 is 0 Å². The van der Waals surface area contributed by atoms with E-state index in [4.69, 9.17) is 5.53 Å². The summed E-state index contributed by atoms with van der Waals surface area (Å²) in [4.78, 5) is 6.95. The van der Waals surface area contributed by atoms with E-state index in [0.717, 1.165) is 0 Å². The number of azide groups is 1. The van der Waals surface area contributed by atoms with Gasteiger partial charge in [0.2, 0.25) is 0 Å². The van der Waals surface area contributed by atoms with Gasteiger partial charge in [0.1, 0.15) is 0 Å². The Morgan fingerprint density at radius 1 is 1.00 bits per heavy atom. The van der Waals surface area contributed by atoms with Crippen molar-refractivity contribution in [1.82, 2.24) is 14.0 Å². The number of hydrogen-bond donors (Lipinski definition) is 0. The van der Waals surface area contributed by atoms with E-state index in [1.807, 2.05) is 56.3 Å². The molecular weight excluding hydrogens is 267 g/mol. The standard InChI is InChI=1S/C6H18BrN6P/c1-11(2)14(7,10-9-8,12(3)4)13(5)6/h1-6H3. The Balaban J connectivity index is 5.73. The second kappa shape index (κ2) is 4.31. The van der Waals surface area contributed by atoms with Crippen LogP contribution in [0.2, 0.25) is 0 Å². The number of nitrogens with zero attached hydrogens (tertiary/aromatic N) is 6. The molecule has 0 aromatic carbocycles. The summed E-state index contributed by atoms with van der Waals surface area (Å²) < 4.78 is 5.77. The van der Waals surface area contributed by atoms with Crippen LogP contribution in [0.15, 0.2) is 4.88 Å². The molecule has 0 aliphatic rings. The van der Waals surface area contributed by atoms with Crippen LogP contribution in [-0.2, 0) is 0 Å². The summed E-state index contributed by atoms with van der Waals surface area (Å²) >= 11 is 3.63. The zero-order valence-electron chi connectivity index (χ0n) is 9.51. The van der Waals surface area contributed by atoms with E-state index >= 15 is 0 Å². The monoisotopic (exact) mass is 284 g/mol. The molecule has 0 spiro atoms. The molecule has 0 saturated heterocycles. The quantitative estimate of drug-likeness (QED) is 0.345. The zero-order chi connectivity index (χ0) is 11.6. The molecule has 0 saturated carbocycles. The molecule has 84 valence electrons. The average Bonchev–Trinajstić information content (AvgIpc) is 2.03. The minimum absolute atomic E-state index is 1.89. The molecule has 0 aliphatic heterocycles. The Hall–Kier alpha value is 0.1000. The van der Waals surface area contributed by atoms with Crippen LogP contribution < -0.4 is 0 Å². The predicted molar refractivity (Wildman–Crippen MR) is 66.1 cm³/mol. The van der Waals surface area contributed by atoms with Crippen molar-refractivity contribution in [2.24, 2.45) is 4.88 Å². The molecule has 0 N–H and O–H groups in total. The van der Waals surface area contributed by atoms with Crippen LogP contribution in [0, 0.1) is 0 Å². The molecule has 0 bridgehead atoms. The van der Waals surface area contributed by atoms with Gasteiger partial charge in [0.25, 0.3) is 0 Å². The summed E-state index contributed by atoms with van der Waals surface area (Å²) in [6.45, 7) is 0. The molecule has 0 radical (unpaired) electrons. The van der Waals surface area contributed by atoms with Crippen molar-refractivity contribution in [2.45, 2.75) is 0 Å². The van der Waals surface area contributed by atoms with Crippen molar-refractivity contribution >= 4 is 21.4 Å². The van der Waals surface area contributed by atoms with Crippen molar-refractivity contribution in [3.8, 4) is 0 Å². The third-order valence-electron chi connectivity index (χ3n) is 2.26. The Bertz CT molecular complexity index is 235. The fourth-order valence-corrected chi connectivity index (χ4v) is 4.34. The fourth-order valence-electron chi connectivity index (χ4n) is 1.38. The molecule has 6 nitrogen and oxygen atoms in total. The molecule has 0 aromatic rings. The summed E-state index contributed by atoms with van der Waals surface area (Å²) in [7, 11) is 11.3. The third-order valence-corrected chi connectivity index (χ3v) is 12.9. The van der Waals surface area contributed by atoms with E-state index < -0.39 is 5.91 Å². The average molecular weight is 285 g/mol. The van der Waals surface area contributed by atoms with Crippen LogP contribution in [0.3, 0.4) is 0 Å². The van der Waals surface area contributed by atoms with Gasteiger partial charge in [-0.3, -0.25) is 0 Å². The van der Waals surface area contributed by atoms with Gasteiger partial charge in [-0.05, 0) is 0 Å².